The molecule has 0 N–H and O–H groups in total. The van der Waals surface area contributed by atoms with Gasteiger partial charge in [0.2, 0.25) is 0 Å². The lowest BCUT2D eigenvalue weighted by atomic mass is 10.1. The zero-order chi connectivity index (χ0) is 10.9. The highest BCUT2D eigenvalue weighted by Crippen LogP contribution is 2.09. The highest BCUT2D eigenvalue weighted by molar-refractivity contribution is 5.86. The van der Waals surface area contributed by atoms with Crippen molar-refractivity contribution in [1.82, 2.24) is 0 Å². The number of hydrogen-bond donors (Lipinski definition) is 0. The van der Waals surface area contributed by atoms with Crippen molar-refractivity contribution in [2.75, 3.05) is 0 Å². The standard InChI is InChI=1S/C13H20O2/c1-2-3-4-5-6-7-10-13-12(14)9-8-11-15-13/h7-8,10-11,13H,2-6,9H2,1H3/b10-7-. The summed E-state index contributed by atoms with van der Waals surface area (Å²) in [5, 5.41) is 0. The van der Waals surface area contributed by atoms with Crippen molar-refractivity contribution < 1.29 is 9.53 Å². The molecule has 1 aliphatic rings. The molecule has 1 heterocycles. The molecule has 0 radical (unpaired) electrons. The lowest BCUT2D eigenvalue weighted by Gasteiger charge is -2.13. The Bertz CT molecular complexity index is 241. The minimum absolute atomic E-state index is 0.155. The van der Waals surface area contributed by atoms with Crippen LogP contribution in [0.5, 0.6) is 0 Å². The molecule has 1 rings (SSSR count). The number of rotatable bonds is 6. The van der Waals surface area contributed by atoms with Gasteiger partial charge in [-0.1, -0.05) is 32.3 Å². The molecule has 0 spiro atoms. The van der Waals surface area contributed by atoms with Gasteiger partial charge in [-0.2, -0.15) is 0 Å². The Kier molecular flexibility index (Phi) is 5.83. The third-order valence-electron chi connectivity index (χ3n) is 2.49. The molecule has 0 saturated heterocycles. The lowest BCUT2D eigenvalue weighted by molar-refractivity contribution is -0.125. The summed E-state index contributed by atoms with van der Waals surface area (Å²) < 4.78 is 5.20. The molecule has 0 fully saturated rings. The average molecular weight is 208 g/mol. The smallest absolute Gasteiger partial charge is 0.181 e. The zero-order valence-corrected chi connectivity index (χ0v) is 9.45. The van der Waals surface area contributed by atoms with Gasteiger partial charge in [0.25, 0.3) is 0 Å². The maximum atomic E-state index is 11.3. The van der Waals surface area contributed by atoms with E-state index < -0.39 is 0 Å². The molecule has 2 heteroatoms. The van der Waals surface area contributed by atoms with Crippen molar-refractivity contribution in [1.29, 1.82) is 0 Å². The second-order valence-corrected chi connectivity index (χ2v) is 3.88. The van der Waals surface area contributed by atoms with Crippen molar-refractivity contribution in [3.8, 4) is 0 Å². The predicted molar refractivity (Wildman–Crippen MR) is 61.5 cm³/mol. The highest BCUT2D eigenvalue weighted by Gasteiger charge is 2.16. The normalized spacial score (nSPS) is 20.9. The molecule has 0 aliphatic carbocycles. The summed E-state index contributed by atoms with van der Waals surface area (Å²) in [4.78, 5) is 11.3. The van der Waals surface area contributed by atoms with Gasteiger partial charge in [0, 0.05) is 6.42 Å². The summed E-state index contributed by atoms with van der Waals surface area (Å²) in [5.41, 5.74) is 0. The first kappa shape index (κ1) is 12.0. The van der Waals surface area contributed by atoms with E-state index in [2.05, 4.69) is 13.0 Å². The molecular formula is C13H20O2. The number of ketones is 1. The molecule has 0 aromatic heterocycles. The Morgan fingerprint density at radius 2 is 2.33 bits per heavy atom. The quantitative estimate of drug-likeness (QED) is 0.494. The van der Waals surface area contributed by atoms with Crippen molar-refractivity contribution in [2.24, 2.45) is 0 Å². The maximum Gasteiger partial charge on any atom is 0.181 e. The Morgan fingerprint density at radius 1 is 1.47 bits per heavy atom. The van der Waals surface area contributed by atoms with Crippen LogP contribution in [0.4, 0.5) is 0 Å². The van der Waals surface area contributed by atoms with Crippen LogP contribution in [0.2, 0.25) is 0 Å². The SMILES string of the molecule is CCCCCC/C=C\C1OC=CCC1=O. The van der Waals surface area contributed by atoms with Crippen LogP contribution >= 0.6 is 0 Å². The molecule has 1 aliphatic heterocycles. The Labute approximate surface area is 92.0 Å². The monoisotopic (exact) mass is 208 g/mol. The lowest BCUT2D eigenvalue weighted by Crippen LogP contribution is -2.21. The fourth-order valence-electron chi connectivity index (χ4n) is 1.56. The third kappa shape index (κ3) is 4.82. The van der Waals surface area contributed by atoms with E-state index in [9.17, 15) is 4.79 Å². The summed E-state index contributed by atoms with van der Waals surface area (Å²) in [6, 6.07) is 0. The first-order valence-electron chi connectivity index (χ1n) is 5.84. The minimum atomic E-state index is -0.332. The molecule has 84 valence electrons. The summed E-state index contributed by atoms with van der Waals surface area (Å²) in [5.74, 6) is 0.155. The van der Waals surface area contributed by atoms with Crippen LogP contribution in [-0.4, -0.2) is 11.9 Å². The fourth-order valence-corrected chi connectivity index (χ4v) is 1.56. The second-order valence-electron chi connectivity index (χ2n) is 3.88. The van der Waals surface area contributed by atoms with E-state index in [0.29, 0.717) is 6.42 Å². The van der Waals surface area contributed by atoms with E-state index in [0.717, 1.165) is 6.42 Å². The van der Waals surface area contributed by atoms with Crippen LogP contribution in [0.3, 0.4) is 0 Å². The Balaban J connectivity index is 2.14. The van der Waals surface area contributed by atoms with Gasteiger partial charge in [-0.3, -0.25) is 4.79 Å². The van der Waals surface area contributed by atoms with Gasteiger partial charge in [0.15, 0.2) is 11.9 Å². The third-order valence-corrected chi connectivity index (χ3v) is 2.49. The van der Waals surface area contributed by atoms with Crippen LogP contribution in [0.1, 0.15) is 45.4 Å². The highest BCUT2D eigenvalue weighted by atomic mass is 16.5. The predicted octanol–water partition coefficient (Wildman–Crippen LogP) is 3.38. The average Bonchev–Trinajstić information content (AvgIpc) is 2.25. The van der Waals surface area contributed by atoms with Gasteiger partial charge in [-0.05, 0) is 25.0 Å². The van der Waals surface area contributed by atoms with Crippen molar-refractivity contribution in [3.05, 3.63) is 24.5 Å². The summed E-state index contributed by atoms with van der Waals surface area (Å²) >= 11 is 0. The van der Waals surface area contributed by atoms with Crippen molar-refractivity contribution >= 4 is 5.78 Å². The molecule has 0 bridgehead atoms. The zero-order valence-electron chi connectivity index (χ0n) is 9.45. The van der Waals surface area contributed by atoms with Gasteiger partial charge in [0.05, 0.1) is 6.26 Å². The minimum Gasteiger partial charge on any atom is -0.486 e. The molecule has 1 unspecified atom stereocenters. The number of Topliss-reactive ketones (excluding diaryl/α,β-unsaturated/α-hetero) is 1. The molecule has 0 saturated carbocycles. The van der Waals surface area contributed by atoms with Gasteiger partial charge in [-0.25, -0.2) is 0 Å². The maximum absolute atomic E-state index is 11.3. The second kappa shape index (κ2) is 7.27. The van der Waals surface area contributed by atoms with Crippen LogP contribution in [-0.2, 0) is 9.53 Å². The van der Waals surface area contributed by atoms with Crippen LogP contribution in [0, 0.1) is 0 Å². The van der Waals surface area contributed by atoms with Gasteiger partial charge < -0.3 is 4.74 Å². The topological polar surface area (TPSA) is 26.3 Å². The first-order chi connectivity index (χ1) is 7.34. The summed E-state index contributed by atoms with van der Waals surface area (Å²) in [6.07, 6.45) is 13.6. The van der Waals surface area contributed by atoms with Crippen molar-refractivity contribution in [2.45, 2.75) is 51.6 Å². The molecular weight excluding hydrogens is 188 g/mol. The molecule has 15 heavy (non-hydrogen) atoms. The van der Waals surface area contributed by atoms with Gasteiger partial charge in [0.1, 0.15) is 0 Å². The number of carbonyl (C=O) groups excluding carboxylic acids is 1. The van der Waals surface area contributed by atoms with E-state index in [1.807, 2.05) is 6.08 Å². The van der Waals surface area contributed by atoms with Crippen LogP contribution in [0.15, 0.2) is 24.5 Å². The van der Waals surface area contributed by atoms with Crippen LogP contribution in [0.25, 0.3) is 0 Å². The molecule has 2 nitrogen and oxygen atoms in total. The summed E-state index contributed by atoms with van der Waals surface area (Å²) in [7, 11) is 0. The number of hydrogen-bond acceptors (Lipinski definition) is 2. The summed E-state index contributed by atoms with van der Waals surface area (Å²) in [6.45, 7) is 2.21. The molecule has 1 atom stereocenters. The van der Waals surface area contributed by atoms with Gasteiger partial charge in [-0.15, -0.1) is 0 Å². The number of carbonyl (C=O) groups is 1. The van der Waals surface area contributed by atoms with Gasteiger partial charge >= 0.3 is 0 Å². The molecule has 0 aromatic rings. The number of unbranched alkanes of at least 4 members (excludes halogenated alkanes) is 4. The van der Waals surface area contributed by atoms with E-state index in [1.54, 1.807) is 12.3 Å². The molecule has 0 aromatic carbocycles. The Hall–Kier alpha value is -1.05. The first-order valence-corrected chi connectivity index (χ1v) is 5.84. The van der Waals surface area contributed by atoms with Crippen molar-refractivity contribution in [3.63, 3.8) is 0 Å². The largest absolute Gasteiger partial charge is 0.486 e. The van der Waals surface area contributed by atoms with Crippen LogP contribution < -0.4 is 0 Å². The Morgan fingerprint density at radius 3 is 3.07 bits per heavy atom. The van der Waals surface area contributed by atoms with E-state index in [1.165, 1.54) is 25.7 Å². The fraction of sp³-hybridized carbons (Fsp3) is 0.615. The molecule has 0 amide bonds. The van der Waals surface area contributed by atoms with E-state index in [4.69, 9.17) is 4.74 Å². The number of allylic oxidation sites excluding steroid dienone is 2. The van der Waals surface area contributed by atoms with E-state index >= 15 is 0 Å². The van der Waals surface area contributed by atoms with E-state index in [-0.39, 0.29) is 11.9 Å². The number of ether oxygens (including phenoxy) is 1.